The second-order valence-corrected chi connectivity index (χ2v) is 4.55. The molecule has 114 valence electrons. The van der Waals surface area contributed by atoms with Crippen LogP contribution in [0.3, 0.4) is 0 Å². The minimum atomic E-state index is -0.463. The molecule has 0 N–H and O–H groups in total. The second-order valence-electron chi connectivity index (χ2n) is 4.11. The lowest BCUT2D eigenvalue weighted by Gasteiger charge is -2.20. The number of hydrogen-bond donors (Lipinski definition) is 0. The Hall–Kier alpha value is -2.01. The zero-order valence-electron chi connectivity index (χ0n) is 11.9. The fourth-order valence-electron chi connectivity index (χ4n) is 1.57. The molecule has 0 bridgehead atoms. The molecular weight excluding hydrogens is 294 g/mol. The van der Waals surface area contributed by atoms with Crippen molar-refractivity contribution >= 4 is 23.5 Å². The van der Waals surface area contributed by atoms with Crippen LogP contribution in [0.1, 0.15) is 6.92 Å². The van der Waals surface area contributed by atoms with Crippen LogP contribution >= 0.6 is 11.6 Å². The first-order valence-corrected chi connectivity index (χ1v) is 6.87. The molecule has 0 saturated carbocycles. The first kappa shape index (κ1) is 17.0. The molecule has 1 rings (SSSR count). The highest BCUT2D eigenvalue weighted by Crippen LogP contribution is 2.17. The van der Waals surface area contributed by atoms with E-state index >= 15 is 0 Å². The summed E-state index contributed by atoms with van der Waals surface area (Å²) in [6.45, 7) is 5.47. The van der Waals surface area contributed by atoms with Crippen molar-refractivity contribution < 1.29 is 19.1 Å². The fraction of sp³-hybridized carbons (Fsp3) is 0.333. The lowest BCUT2D eigenvalue weighted by atomic mass is 10.3. The second kappa shape index (κ2) is 9.02. The van der Waals surface area contributed by atoms with Gasteiger partial charge >= 0.3 is 5.97 Å². The number of carbonyl (C=O) groups excluding carboxylic acids is 2. The molecule has 0 aliphatic heterocycles. The molecular formula is C15H18ClNO4. The van der Waals surface area contributed by atoms with Crippen molar-refractivity contribution in [1.29, 1.82) is 0 Å². The summed E-state index contributed by atoms with van der Waals surface area (Å²) in [5.41, 5.74) is 0. The van der Waals surface area contributed by atoms with Gasteiger partial charge in [0.2, 0.25) is 0 Å². The van der Waals surface area contributed by atoms with Gasteiger partial charge in [0.15, 0.2) is 6.61 Å². The van der Waals surface area contributed by atoms with Crippen LogP contribution < -0.4 is 4.74 Å². The molecule has 0 spiro atoms. The third-order valence-electron chi connectivity index (χ3n) is 2.49. The molecule has 0 fully saturated rings. The lowest BCUT2D eigenvalue weighted by molar-refractivity contribution is -0.149. The summed E-state index contributed by atoms with van der Waals surface area (Å²) >= 11 is 5.83. The number of ether oxygens (including phenoxy) is 2. The molecule has 0 unspecified atom stereocenters. The summed E-state index contributed by atoms with van der Waals surface area (Å²) in [4.78, 5) is 24.8. The van der Waals surface area contributed by atoms with Crippen molar-refractivity contribution in [2.24, 2.45) is 0 Å². The first-order valence-electron chi connectivity index (χ1n) is 6.49. The van der Waals surface area contributed by atoms with Gasteiger partial charge in [-0.15, -0.1) is 6.58 Å². The van der Waals surface area contributed by atoms with E-state index in [1.807, 2.05) is 0 Å². The van der Waals surface area contributed by atoms with Crippen LogP contribution in [0, 0.1) is 0 Å². The minimum Gasteiger partial charge on any atom is -0.484 e. The van der Waals surface area contributed by atoms with Crippen molar-refractivity contribution in [2.75, 3.05) is 26.3 Å². The van der Waals surface area contributed by atoms with E-state index in [1.165, 1.54) is 11.0 Å². The normalized spacial score (nSPS) is 9.81. The highest BCUT2D eigenvalue weighted by Gasteiger charge is 2.17. The molecule has 1 aromatic rings. The molecule has 1 aromatic carbocycles. The van der Waals surface area contributed by atoms with Gasteiger partial charge < -0.3 is 14.4 Å². The van der Waals surface area contributed by atoms with Crippen LogP contribution in [0.2, 0.25) is 5.02 Å². The van der Waals surface area contributed by atoms with Crippen molar-refractivity contribution in [3.63, 3.8) is 0 Å². The van der Waals surface area contributed by atoms with Gasteiger partial charge in [-0.25, -0.2) is 0 Å². The van der Waals surface area contributed by atoms with E-state index in [2.05, 4.69) is 6.58 Å². The maximum atomic E-state index is 12.0. The molecule has 1 amide bonds. The molecule has 21 heavy (non-hydrogen) atoms. The fourth-order valence-corrected chi connectivity index (χ4v) is 1.75. The van der Waals surface area contributed by atoms with Gasteiger partial charge in [-0.2, -0.15) is 0 Å². The molecule has 6 heteroatoms. The van der Waals surface area contributed by atoms with E-state index in [-0.39, 0.29) is 32.2 Å². The molecule has 0 aliphatic rings. The van der Waals surface area contributed by atoms with Gasteiger partial charge in [0.1, 0.15) is 12.3 Å². The number of halogens is 1. The number of benzene rings is 1. The van der Waals surface area contributed by atoms with Gasteiger partial charge in [0.05, 0.1) is 6.61 Å². The smallest absolute Gasteiger partial charge is 0.325 e. The van der Waals surface area contributed by atoms with Crippen molar-refractivity contribution in [3.8, 4) is 5.75 Å². The predicted molar refractivity (Wildman–Crippen MR) is 80.4 cm³/mol. The summed E-state index contributed by atoms with van der Waals surface area (Å²) < 4.78 is 10.2. The zero-order valence-corrected chi connectivity index (χ0v) is 12.6. The van der Waals surface area contributed by atoms with E-state index in [4.69, 9.17) is 21.1 Å². The zero-order chi connectivity index (χ0) is 15.7. The Bertz CT molecular complexity index is 504. The van der Waals surface area contributed by atoms with Gasteiger partial charge in [-0.1, -0.05) is 23.7 Å². The molecule has 0 aliphatic carbocycles. The summed E-state index contributed by atoms with van der Waals surface area (Å²) in [5.74, 6) is -0.302. The Kier molecular flexibility index (Phi) is 7.32. The standard InChI is InChI=1S/C15H18ClNO4/c1-3-8-17(10-15(19)20-4-2)14(18)11-21-13-7-5-6-12(16)9-13/h3,5-7,9H,1,4,8,10-11H2,2H3. The SMILES string of the molecule is C=CCN(CC(=O)OCC)C(=O)COc1cccc(Cl)c1. The van der Waals surface area contributed by atoms with Crippen molar-refractivity contribution in [1.82, 2.24) is 4.90 Å². The van der Waals surface area contributed by atoms with Crippen LogP contribution in [-0.4, -0.2) is 43.1 Å². The van der Waals surface area contributed by atoms with E-state index < -0.39 is 5.97 Å². The molecule has 0 aromatic heterocycles. The summed E-state index contributed by atoms with van der Waals surface area (Å²) in [7, 11) is 0. The van der Waals surface area contributed by atoms with Crippen LogP contribution in [0.4, 0.5) is 0 Å². The monoisotopic (exact) mass is 311 g/mol. The lowest BCUT2D eigenvalue weighted by Crippen LogP contribution is -2.39. The van der Waals surface area contributed by atoms with Crippen molar-refractivity contribution in [2.45, 2.75) is 6.92 Å². The number of hydrogen-bond acceptors (Lipinski definition) is 4. The number of esters is 1. The Labute approximate surface area is 129 Å². The Balaban J connectivity index is 2.56. The summed E-state index contributed by atoms with van der Waals surface area (Å²) in [6.07, 6.45) is 1.54. The van der Waals surface area contributed by atoms with Gasteiger partial charge in [0, 0.05) is 11.6 Å². The minimum absolute atomic E-state index is 0.127. The first-order chi connectivity index (χ1) is 10.1. The number of carbonyl (C=O) groups is 2. The van der Waals surface area contributed by atoms with Crippen LogP contribution in [0.25, 0.3) is 0 Å². The molecule has 0 heterocycles. The highest BCUT2D eigenvalue weighted by atomic mass is 35.5. The van der Waals surface area contributed by atoms with Gasteiger partial charge in [-0.05, 0) is 25.1 Å². The summed E-state index contributed by atoms with van der Waals surface area (Å²) in [6, 6.07) is 6.74. The Morgan fingerprint density at radius 2 is 2.19 bits per heavy atom. The quantitative estimate of drug-likeness (QED) is 0.546. The van der Waals surface area contributed by atoms with E-state index in [1.54, 1.807) is 31.2 Å². The van der Waals surface area contributed by atoms with Crippen LogP contribution in [0.15, 0.2) is 36.9 Å². The van der Waals surface area contributed by atoms with Gasteiger partial charge in [-0.3, -0.25) is 9.59 Å². The molecule has 5 nitrogen and oxygen atoms in total. The van der Waals surface area contributed by atoms with Crippen molar-refractivity contribution in [3.05, 3.63) is 41.9 Å². The Morgan fingerprint density at radius 3 is 2.81 bits per heavy atom. The number of amides is 1. The topological polar surface area (TPSA) is 55.8 Å². The third kappa shape index (κ3) is 6.31. The largest absolute Gasteiger partial charge is 0.484 e. The Morgan fingerprint density at radius 1 is 1.43 bits per heavy atom. The predicted octanol–water partition coefficient (Wildman–Crippen LogP) is 2.30. The third-order valence-corrected chi connectivity index (χ3v) is 2.72. The number of rotatable bonds is 8. The maximum Gasteiger partial charge on any atom is 0.325 e. The highest BCUT2D eigenvalue weighted by molar-refractivity contribution is 6.30. The average molecular weight is 312 g/mol. The van der Waals surface area contributed by atoms with Crippen LogP contribution in [0.5, 0.6) is 5.75 Å². The molecule has 0 radical (unpaired) electrons. The van der Waals surface area contributed by atoms with E-state index in [0.717, 1.165) is 0 Å². The van der Waals surface area contributed by atoms with E-state index in [0.29, 0.717) is 10.8 Å². The van der Waals surface area contributed by atoms with Crippen LogP contribution in [-0.2, 0) is 14.3 Å². The van der Waals surface area contributed by atoms with Gasteiger partial charge in [0.25, 0.3) is 5.91 Å². The summed E-state index contributed by atoms with van der Waals surface area (Å²) in [5, 5.41) is 0.523. The van der Waals surface area contributed by atoms with E-state index in [9.17, 15) is 9.59 Å². The maximum absolute atomic E-state index is 12.0. The average Bonchev–Trinajstić information content (AvgIpc) is 2.44. The molecule has 0 saturated heterocycles. The molecule has 0 atom stereocenters. The number of nitrogens with zero attached hydrogens (tertiary/aromatic N) is 1.